The molecule has 0 aliphatic heterocycles. The lowest BCUT2D eigenvalue weighted by Gasteiger charge is -2.12. The van der Waals surface area contributed by atoms with E-state index < -0.39 is 12.8 Å². The maximum absolute atomic E-state index is 11.9. The van der Waals surface area contributed by atoms with Crippen molar-refractivity contribution < 1.29 is 27.4 Å². The second-order valence-electron chi connectivity index (χ2n) is 4.48. The molecule has 0 saturated heterocycles. The van der Waals surface area contributed by atoms with Crippen LogP contribution in [0.5, 0.6) is 11.5 Å². The van der Waals surface area contributed by atoms with Gasteiger partial charge < -0.3 is 25.3 Å². The average molecular weight is 335 g/mol. The van der Waals surface area contributed by atoms with Crippen LogP contribution in [-0.4, -0.2) is 46.1 Å². The number of hydrogen-bond donors (Lipinski definition) is 2. The molecule has 0 radical (unpaired) electrons. The zero-order valence-electron chi connectivity index (χ0n) is 12.9. The largest absolute Gasteiger partial charge is 0.497 e. The third-order valence-corrected chi connectivity index (χ3v) is 2.66. The number of halogens is 3. The van der Waals surface area contributed by atoms with Crippen LogP contribution < -0.4 is 20.5 Å². The number of nitrogens with one attached hydrogen (secondary N) is 1. The van der Waals surface area contributed by atoms with Gasteiger partial charge in [-0.1, -0.05) is 0 Å². The van der Waals surface area contributed by atoms with E-state index in [0.29, 0.717) is 23.6 Å². The van der Waals surface area contributed by atoms with Gasteiger partial charge in [-0.3, -0.25) is 4.99 Å². The average Bonchev–Trinajstić information content (AvgIpc) is 2.49. The molecule has 0 unspecified atom stereocenters. The second kappa shape index (κ2) is 9.09. The van der Waals surface area contributed by atoms with E-state index in [4.69, 9.17) is 15.2 Å². The Morgan fingerprint density at radius 2 is 2.00 bits per heavy atom. The van der Waals surface area contributed by atoms with Gasteiger partial charge in [0.05, 0.1) is 19.9 Å². The van der Waals surface area contributed by atoms with Crippen molar-refractivity contribution in [1.29, 1.82) is 0 Å². The molecule has 0 bridgehead atoms. The lowest BCUT2D eigenvalue weighted by molar-refractivity contribution is -0.173. The van der Waals surface area contributed by atoms with Crippen molar-refractivity contribution in [3.63, 3.8) is 0 Å². The van der Waals surface area contributed by atoms with Crippen LogP contribution in [0.15, 0.2) is 23.2 Å². The van der Waals surface area contributed by atoms with Crippen LogP contribution in [0.4, 0.5) is 18.9 Å². The lowest BCUT2D eigenvalue weighted by atomic mass is 10.2. The Bertz CT molecular complexity index is 522. The molecular weight excluding hydrogens is 315 g/mol. The molecule has 1 aromatic carbocycles. The van der Waals surface area contributed by atoms with E-state index >= 15 is 0 Å². The Labute approximate surface area is 132 Å². The normalized spacial score (nSPS) is 12.1. The molecule has 23 heavy (non-hydrogen) atoms. The molecule has 0 aliphatic carbocycles. The Hall–Kier alpha value is -2.16. The number of alkyl halides is 3. The summed E-state index contributed by atoms with van der Waals surface area (Å²) in [5, 5.41) is 2.85. The summed E-state index contributed by atoms with van der Waals surface area (Å²) in [6.07, 6.45) is -3.99. The summed E-state index contributed by atoms with van der Waals surface area (Å²) in [5.41, 5.74) is 6.30. The van der Waals surface area contributed by atoms with Gasteiger partial charge in [0, 0.05) is 19.2 Å². The molecule has 0 amide bonds. The lowest BCUT2D eigenvalue weighted by Crippen LogP contribution is -2.23. The SMILES string of the molecule is COc1ccc(OC)c(NC(N)=NCCCOCC(F)(F)F)c1. The van der Waals surface area contributed by atoms with Crippen molar-refractivity contribution >= 4 is 11.6 Å². The summed E-state index contributed by atoms with van der Waals surface area (Å²) < 4.78 is 50.3. The van der Waals surface area contributed by atoms with Crippen LogP contribution >= 0.6 is 0 Å². The Balaban J connectivity index is 2.44. The topological polar surface area (TPSA) is 78.1 Å². The minimum absolute atomic E-state index is 0.0429. The number of ether oxygens (including phenoxy) is 3. The molecule has 0 aliphatic rings. The molecule has 0 aromatic heterocycles. The van der Waals surface area contributed by atoms with E-state index in [9.17, 15) is 13.2 Å². The van der Waals surface area contributed by atoms with E-state index in [1.54, 1.807) is 18.2 Å². The first kappa shape index (κ1) is 18.9. The summed E-state index contributed by atoms with van der Waals surface area (Å²) in [6.45, 7) is -1.06. The zero-order valence-corrected chi connectivity index (χ0v) is 12.9. The van der Waals surface area contributed by atoms with E-state index in [0.717, 1.165) is 0 Å². The fraction of sp³-hybridized carbons (Fsp3) is 0.500. The molecule has 0 saturated carbocycles. The molecule has 0 fully saturated rings. The van der Waals surface area contributed by atoms with E-state index in [2.05, 4.69) is 15.0 Å². The molecule has 9 heteroatoms. The van der Waals surface area contributed by atoms with Gasteiger partial charge in [-0.05, 0) is 18.6 Å². The van der Waals surface area contributed by atoms with E-state index in [1.807, 2.05) is 0 Å². The number of nitrogens with two attached hydrogens (primary N) is 1. The predicted octanol–water partition coefficient (Wildman–Crippen LogP) is 2.40. The molecule has 1 aromatic rings. The van der Waals surface area contributed by atoms with Gasteiger partial charge in [-0.15, -0.1) is 0 Å². The van der Waals surface area contributed by atoms with Crippen molar-refractivity contribution in [2.45, 2.75) is 12.6 Å². The fourth-order valence-electron chi connectivity index (χ4n) is 1.64. The van der Waals surface area contributed by atoms with E-state index in [1.165, 1.54) is 14.2 Å². The summed E-state index contributed by atoms with van der Waals surface area (Å²) in [4.78, 5) is 4.01. The minimum Gasteiger partial charge on any atom is -0.497 e. The number of rotatable bonds is 8. The number of aliphatic imine (C=N–C) groups is 1. The maximum atomic E-state index is 11.9. The van der Waals surface area contributed by atoms with Gasteiger partial charge in [-0.25, -0.2) is 0 Å². The highest BCUT2D eigenvalue weighted by atomic mass is 19.4. The zero-order chi connectivity index (χ0) is 17.3. The van der Waals surface area contributed by atoms with Gasteiger partial charge in [-0.2, -0.15) is 13.2 Å². The number of hydrogen-bond acceptors (Lipinski definition) is 4. The van der Waals surface area contributed by atoms with Crippen molar-refractivity contribution in [3.8, 4) is 11.5 Å². The number of nitrogens with zero attached hydrogens (tertiary/aromatic N) is 1. The predicted molar refractivity (Wildman–Crippen MR) is 81.1 cm³/mol. The van der Waals surface area contributed by atoms with Gasteiger partial charge in [0.1, 0.15) is 18.1 Å². The van der Waals surface area contributed by atoms with Crippen molar-refractivity contribution in [1.82, 2.24) is 0 Å². The molecule has 0 atom stereocenters. The maximum Gasteiger partial charge on any atom is 0.411 e. The van der Waals surface area contributed by atoms with Gasteiger partial charge in [0.2, 0.25) is 0 Å². The number of benzene rings is 1. The van der Waals surface area contributed by atoms with Gasteiger partial charge in [0.25, 0.3) is 0 Å². The quantitative estimate of drug-likeness (QED) is 0.433. The Morgan fingerprint density at radius 1 is 1.26 bits per heavy atom. The van der Waals surface area contributed by atoms with Crippen LogP contribution in [0, 0.1) is 0 Å². The Kier molecular flexibility index (Phi) is 7.46. The van der Waals surface area contributed by atoms with Crippen molar-refractivity contribution in [2.75, 3.05) is 39.3 Å². The third kappa shape index (κ3) is 7.59. The van der Waals surface area contributed by atoms with Crippen LogP contribution in [0.1, 0.15) is 6.42 Å². The van der Waals surface area contributed by atoms with E-state index in [-0.39, 0.29) is 19.1 Å². The highest BCUT2D eigenvalue weighted by molar-refractivity contribution is 5.93. The van der Waals surface area contributed by atoms with Crippen molar-refractivity contribution in [2.24, 2.45) is 10.7 Å². The summed E-state index contributed by atoms with van der Waals surface area (Å²) >= 11 is 0. The van der Waals surface area contributed by atoms with Crippen LogP contribution in [0.25, 0.3) is 0 Å². The molecule has 3 N–H and O–H groups in total. The molecule has 6 nitrogen and oxygen atoms in total. The molecule has 130 valence electrons. The van der Waals surface area contributed by atoms with Gasteiger partial charge in [0.15, 0.2) is 5.96 Å². The first-order valence-electron chi connectivity index (χ1n) is 6.79. The smallest absolute Gasteiger partial charge is 0.411 e. The molecule has 1 rings (SSSR count). The van der Waals surface area contributed by atoms with Crippen LogP contribution in [0.2, 0.25) is 0 Å². The number of anilines is 1. The number of guanidine groups is 1. The molecular formula is C14H20F3N3O3. The minimum atomic E-state index is -4.31. The number of methoxy groups -OCH3 is 2. The fourth-order valence-corrected chi connectivity index (χ4v) is 1.64. The third-order valence-electron chi connectivity index (χ3n) is 2.66. The highest BCUT2D eigenvalue weighted by Crippen LogP contribution is 2.28. The molecule has 0 heterocycles. The van der Waals surface area contributed by atoms with Crippen LogP contribution in [0.3, 0.4) is 0 Å². The monoisotopic (exact) mass is 335 g/mol. The first-order chi connectivity index (χ1) is 10.9. The highest BCUT2D eigenvalue weighted by Gasteiger charge is 2.27. The first-order valence-corrected chi connectivity index (χ1v) is 6.79. The van der Waals surface area contributed by atoms with Crippen LogP contribution in [-0.2, 0) is 4.74 Å². The summed E-state index contributed by atoms with van der Waals surface area (Å²) in [6, 6.07) is 5.13. The summed E-state index contributed by atoms with van der Waals surface area (Å²) in [5.74, 6) is 1.28. The van der Waals surface area contributed by atoms with Crippen molar-refractivity contribution in [3.05, 3.63) is 18.2 Å². The Morgan fingerprint density at radius 3 is 2.61 bits per heavy atom. The van der Waals surface area contributed by atoms with Gasteiger partial charge >= 0.3 is 6.18 Å². The standard InChI is InChI=1S/C14H20F3N3O3/c1-21-10-4-5-12(22-2)11(8-10)20-13(18)19-6-3-7-23-9-14(15,16)17/h4-5,8H,3,6-7,9H2,1-2H3,(H3,18,19,20). The summed E-state index contributed by atoms with van der Waals surface area (Å²) in [7, 11) is 3.04. The second-order valence-corrected chi connectivity index (χ2v) is 4.48. The molecule has 0 spiro atoms.